The molecular weight excluding hydrogens is 629 g/mol. The smallest absolute Gasteiger partial charge is 0.306 e. The molecule has 0 aromatic rings. The van der Waals surface area contributed by atoms with Gasteiger partial charge in [0.2, 0.25) is 0 Å². The van der Waals surface area contributed by atoms with E-state index in [2.05, 4.69) is 20.8 Å². The summed E-state index contributed by atoms with van der Waals surface area (Å²) in [5.74, 6) is -0.0893. The molecule has 4 nitrogen and oxygen atoms in total. The molecule has 51 heavy (non-hydrogen) atoms. The summed E-state index contributed by atoms with van der Waals surface area (Å²) >= 11 is 0. The van der Waals surface area contributed by atoms with E-state index in [1.807, 2.05) is 0 Å². The van der Waals surface area contributed by atoms with Gasteiger partial charge in [-0.3, -0.25) is 4.79 Å². The van der Waals surface area contributed by atoms with Gasteiger partial charge < -0.3 is 14.2 Å². The van der Waals surface area contributed by atoms with Gasteiger partial charge in [0.25, 0.3) is 0 Å². The molecule has 0 unspecified atom stereocenters. The lowest BCUT2D eigenvalue weighted by Crippen LogP contribution is -2.29. The van der Waals surface area contributed by atoms with Gasteiger partial charge in [0.1, 0.15) is 6.10 Å². The maximum atomic E-state index is 12.5. The molecule has 0 saturated carbocycles. The average molecular weight is 723 g/mol. The molecule has 0 spiro atoms. The van der Waals surface area contributed by atoms with Crippen LogP contribution in [0.3, 0.4) is 0 Å². The molecule has 0 aliphatic carbocycles. The van der Waals surface area contributed by atoms with Crippen molar-refractivity contribution in [2.45, 2.75) is 271 Å². The number of esters is 1. The average Bonchev–Trinajstić information content (AvgIpc) is 3.13. The predicted octanol–water partition coefficient (Wildman–Crippen LogP) is 15.8. The first kappa shape index (κ1) is 50.4. The fraction of sp³-hybridized carbons (Fsp3) is 0.979. The molecule has 0 radical (unpaired) electrons. The molecule has 0 amide bonds. The minimum atomic E-state index is -0.282. The van der Waals surface area contributed by atoms with E-state index in [1.165, 1.54) is 212 Å². The third kappa shape index (κ3) is 43.7. The molecule has 0 heterocycles. The summed E-state index contributed by atoms with van der Waals surface area (Å²) < 4.78 is 17.8. The maximum absolute atomic E-state index is 12.5. The summed E-state index contributed by atoms with van der Waals surface area (Å²) in [5, 5.41) is 0. The zero-order valence-electron chi connectivity index (χ0n) is 35.4. The highest BCUT2D eigenvalue weighted by Gasteiger charge is 2.15. The number of hydrogen-bond donors (Lipinski definition) is 0. The summed E-state index contributed by atoms with van der Waals surface area (Å²) in [5.41, 5.74) is 0. The number of ether oxygens (including phenoxy) is 3. The van der Waals surface area contributed by atoms with Gasteiger partial charge in [0.05, 0.1) is 13.2 Å². The van der Waals surface area contributed by atoms with Crippen LogP contribution in [-0.2, 0) is 19.0 Å². The first-order valence-corrected chi connectivity index (χ1v) is 23.6. The molecule has 0 bridgehead atoms. The molecular formula is C47H94O4. The lowest BCUT2D eigenvalue weighted by atomic mass is 10.0. The standard InChI is InChI=1S/C47H94O4/c1-4-7-10-13-15-17-19-21-23-25-27-29-31-33-36-39-42-49-44-46(51-47(48)41-38-35-12-9-6-3)45-50-43-40-37-34-32-30-28-26-24-22-20-18-16-14-11-8-5-2/h46H,4-45H2,1-3H3. The van der Waals surface area contributed by atoms with E-state index < -0.39 is 0 Å². The van der Waals surface area contributed by atoms with Crippen LogP contribution in [0.2, 0.25) is 0 Å². The van der Waals surface area contributed by atoms with E-state index in [-0.39, 0.29) is 12.1 Å². The van der Waals surface area contributed by atoms with Crippen LogP contribution in [0.5, 0.6) is 0 Å². The quantitative estimate of drug-likeness (QED) is 0.0464. The SMILES string of the molecule is CCCCCCCCCCCCCCCCCCOCC(COCCCCCCCCCCCCCCCCCC)OC(=O)CCCCCCC. The van der Waals surface area contributed by atoms with Gasteiger partial charge in [-0.15, -0.1) is 0 Å². The second-order valence-electron chi connectivity index (χ2n) is 16.0. The van der Waals surface area contributed by atoms with E-state index in [9.17, 15) is 4.79 Å². The van der Waals surface area contributed by atoms with E-state index in [0.29, 0.717) is 19.6 Å². The summed E-state index contributed by atoms with van der Waals surface area (Å²) in [7, 11) is 0. The lowest BCUT2D eigenvalue weighted by molar-refractivity contribution is -0.156. The van der Waals surface area contributed by atoms with Crippen LogP contribution in [0.1, 0.15) is 265 Å². The van der Waals surface area contributed by atoms with E-state index >= 15 is 0 Å². The van der Waals surface area contributed by atoms with Crippen LogP contribution < -0.4 is 0 Å². The first-order valence-electron chi connectivity index (χ1n) is 23.6. The van der Waals surface area contributed by atoms with Gasteiger partial charge in [0.15, 0.2) is 0 Å². The molecule has 0 fully saturated rings. The molecule has 0 atom stereocenters. The Balaban J connectivity index is 3.85. The maximum Gasteiger partial charge on any atom is 0.306 e. The van der Waals surface area contributed by atoms with Crippen molar-refractivity contribution in [2.24, 2.45) is 0 Å². The molecule has 0 aliphatic rings. The Hall–Kier alpha value is -0.610. The molecule has 306 valence electrons. The van der Waals surface area contributed by atoms with Crippen LogP contribution in [0, 0.1) is 0 Å². The second kappa shape index (κ2) is 45.5. The molecule has 0 N–H and O–H groups in total. The molecule has 0 aromatic carbocycles. The van der Waals surface area contributed by atoms with Crippen LogP contribution in [0.25, 0.3) is 0 Å². The fourth-order valence-corrected chi connectivity index (χ4v) is 7.17. The van der Waals surface area contributed by atoms with Crippen molar-refractivity contribution in [3.63, 3.8) is 0 Å². The van der Waals surface area contributed by atoms with Crippen LogP contribution >= 0.6 is 0 Å². The van der Waals surface area contributed by atoms with E-state index in [0.717, 1.165) is 38.9 Å². The Morgan fingerprint density at radius 3 is 0.843 bits per heavy atom. The number of unbranched alkanes of at least 4 members (excludes halogenated alkanes) is 34. The van der Waals surface area contributed by atoms with Gasteiger partial charge in [0, 0.05) is 19.6 Å². The van der Waals surface area contributed by atoms with Crippen LogP contribution in [0.15, 0.2) is 0 Å². The summed E-state index contributed by atoms with van der Waals surface area (Å²) in [6, 6.07) is 0. The Morgan fingerprint density at radius 2 is 0.569 bits per heavy atom. The van der Waals surface area contributed by atoms with E-state index in [1.54, 1.807) is 0 Å². The van der Waals surface area contributed by atoms with Gasteiger partial charge in [-0.1, -0.05) is 239 Å². The Kier molecular flexibility index (Phi) is 45.0. The van der Waals surface area contributed by atoms with Crippen LogP contribution in [-0.4, -0.2) is 38.5 Å². The topological polar surface area (TPSA) is 44.8 Å². The Bertz CT molecular complexity index is 598. The number of hydrogen-bond acceptors (Lipinski definition) is 4. The predicted molar refractivity (Wildman–Crippen MR) is 224 cm³/mol. The molecule has 0 aliphatic heterocycles. The van der Waals surface area contributed by atoms with Crippen molar-refractivity contribution in [1.82, 2.24) is 0 Å². The summed E-state index contributed by atoms with van der Waals surface area (Å²) in [4.78, 5) is 12.5. The minimum absolute atomic E-state index is 0.0893. The van der Waals surface area contributed by atoms with Gasteiger partial charge in [-0.05, 0) is 19.3 Å². The monoisotopic (exact) mass is 723 g/mol. The third-order valence-electron chi connectivity index (χ3n) is 10.7. The van der Waals surface area contributed by atoms with Crippen molar-refractivity contribution in [3.8, 4) is 0 Å². The van der Waals surface area contributed by atoms with Gasteiger partial charge >= 0.3 is 5.97 Å². The van der Waals surface area contributed by atoms with Crippen molar-refractivity contribution < 1.29 is 19.0 Å². The molecule has 0 aromatic heterocycles. The third-order valence-corrected chi connectivity index (χ3v) is 10.7. The van der Waals surface area contributed by atoms with Gasteiger partial charge in [-0.25, -0.2) is 0 Å². The first-order chi connectivity index (χ1) is 25.2. The van der Waals surface area contributed by atoms with Crippen molar-refractivity contribution >= 4 is 5.97 Å². The zero-order valence-corrected chi connectivity index (χ0v) is 35.4. The number of carbonyl (C=O) groups excluding carboxylic acids is 1. The summed E-state index contributed by atoms with van der Waals surface area (Å²) in [6.07, 6.45) is 50.0. The highest BCUT2D eigenvalue weighted by Crippen LogP contribution is 2.16. The van der Waals surface area contributed by atoms with Crippen molar-refractivity contribution in [3.05, 3.63) is 0 Å². The number of rotatable bonds is 45. The van der Waals surface area contributed by atoms with E-state index in [4.69, 9.17) is 14.2 Å². The molecule has 4 heteroatoms. The minimum Gasteiger partial charge on any atom is -0.457 e. The van der Waals surface area contributed by atoms with Gasteiger partial charge in [-0.2, -0.15) is 0 Å². The summed E-state index contributed by atoms with van der Waals surface area (Å²) in [6.45, 7) is 9.23. The molecule has 0 rings (SSSR count). The number of carbonyl (C=O) groups is 1. The van der Waals surface area contributed by atoms with Crippen molar-refractivity contribution in [1.29, 1.82) is 0 Å². The Labute approximate surface area is 321 Å². The Morgan fingerprint density at radius 1 is 0.333 bits per heavy atom. The normalized spacial score (nSPS) is 11.6. The second-order valence-corrected chi connectivity index (χ2v) is 16.0. The fourth-order valence-electron chi connectivity index (χ4n) is 7.17. The molecule has 0 saturated heterocycles. The van der Waals surface area contributed by atoms with Crippen molar-refractivity contribution in [2.75, 3.05) is 26.4 Å². The lowest BCUT2D eigenvalue weighted by Gasteiger charge is -2.18. The van der Waals surface area contributed by atoms with Crippen LogP contribution in [0.4, 0.5) is 0 Å². The largest absolute Gasteiger partial charge is 0.457 e. The highest BCUT2D eigenvalue weighted by molar-refractivity contribution is 5.69. The highest BCUT2D eigenvalue weighted by atomic mass is 16.6. The zero-order chi connectivity index (χ0) is 37.0.